The molecule has 0 aromatic carbocycles. The first-order valence-corrected chi connectivity index (χ1v) is 9.85. The fourth-order valence-corrected chi connectivity index (χ4v) is 4.67. The molecule has 1 atom stereocenters. The smallest absolute Gasteiger partial charge is 0.211 e. The summed E-state index contributed by atoms with van der Waals surface area (Å²) in [5.74, 6) is 0.636. The molecule has 4 nitrogen and oxygen atoms in total. The molecule has 0 aliphatic heterocycles. The van der Waals surface area contributed by atoms with E-state index in [1.807, 2.05) is 6.07 Å². The Morgan fingerprint density at radius 1 is 1.29 bits per heavy atom. The standard InChI is InChI=1S/C15H20N2O2S2/c1-15(2,3)10-5-6-11-9(7-10)8-12-13(16-11)20-14(17-12)21(4,18)19/h8,10H,5-7H2,1-4H3. The first-order valence-electron chi connectivity index (χ1n) is 7.14. The van der Waals surface area contributed by atoms with Crippen LogP contribution in [-0.4, -0.2) is 24.6 Å². The molecule has 0 spiro atoms. The average Bonchev–Trinajstić information content (AvgIpc) is 2.76. The zero-order chi connectivity index (χ0) is 15.4. The van der Waals surface area contributed by atoms with Gasteiger partial charge in [-0.3, -0.25) is 0 Å². The van der Waals surface area contributed by atoms with Crippen LogP contribution in [0.1, 0.15) is 38.4 Å². The van der Waals surface area contributed by atoms with Crippen molar-refractivity contribution in [1.29, 1.82) is 0 Å². The third-order valence-corrected chi connectivity index (χ3v) is 6.91. The molecule has 1 aliphatic carbocycles. The van der Waals surface area contributed by atoms with Crippen molar-refractivity contribution in [2.75, 3.05) is 6.26 Å². The molecule has 0 fully saturated rings. The van der Waals surface area contributed by atoms with Gasteiger partial charge in [0.2, 0.25) is 14.2 Å². The van der Waals surface area contributed by atoms with Gasteiger partial charge in [-0.2, -0.15) is 0 Å². The Hall–Kier alpha value is -1.01. The first-order chi connectivity index (χ1) is 9.64. The maximum atomic E-state index is 11.6. The van der Waals surface area contributed by atoms with Gasteiger partial charge in [-0.05, 0) is 42.2 Å². The third-order valence-electron chi connectivity index (χ3n) is 4.27. The minimum absolute atomic E-state index is 0.166. The van der Waals surface area contributed by atoms with Crippen LogP contribution in [0.2, 0.25) is 0 Å². The molecule has 2 heterocycles. The largest absolute Gasteiger partial charge is 0.240 e. The highest BCUT2D eigenvalue weighted by Gasteiger charge is 2.30. The molecule has 1 unspecified atom stereocenters. The van der Waals surface area contributed by atoms with E-state index in [9.17, 15) is 8.42 Å². The Balaban J connectivity index is 2.05. The number of hydrogen-bond acceptors (Lipinski definition) is 5. The first kappa shape index (κ1) is 14.9. The van der Waals surface area contributed by atoms with E-state index in [-0.39, 0.29) is 9.75 Å². The number of thiazole rings is 1. The molecular weight excluding hydrogens is 304 g/mol. The van der Waals surface area contributed by atoms with E-state index in [0.29, 0.717) is 11.4 Å². The molecule has 3 rings (SSSR count). The summed E-state index contributed by atoms with van der Waals surface area (Å²) in [7, 11) is -3.25. The highest BCUT2D eigenvalue weighted by molar-refractivity contribution is 7.92. The Morgan fingerprint density at radius 3 is 2.62 bits per heavy atom. The van der Waals surface area contributed by atoms with Crippen LogP contribution >= 0.6 is 11.3 Å². The predicted octanol–water partition coefficient (Wildman–Crippen LogP) is 3.25. The molecule has 6 heteroatoms. The van der Waals surface area contributed by atoms with Crippen LogP contribution < -0.4 is 0 Å². The van der Waals surface area contributed by atoms with E-state index in [2.05, 4.69) is 30.7 Å². The number of pyridine rings is 1. The Morgan fingerprint density at radius 2 is 2.00 bits per heavy atom. The normalized spacial score (nSPS) is 19.7. The maximum Gasteiger partial charge on any atom is 0.211 e. The fraction of sp³-hybridized carbons (Fsp3) is 0.600. The van der Waals surface area contributed by atoms with Gasteiger partial charge in [0.1, 0.15) is 10.3 Å². The van der Waals surface area contributed by atoms with Gasteiger partial charge in [0.05, 0.1) is 0 Å². The van der Waals surface area contributed by atoms with Crippen LogP contribution in [0.5, 0.6) is 0 Å². The van der Waals surface area contributed by atoms with Crippen molar-refractivity contribution in [3.8, 4) is 0 Å². The molecule has 0 saturated heterocycles. The quantitative estimate of drug-likeness (QED) is 0.808. The maximum absolute atomic E-state index is 11.6. The van der Waals surface area contributed by atoms with E-state index >= 15 is 0 Å². The Bertz CT molecular complexity index is 801. The average molecular weight is 324 g/mol. The van der Waals surface area contributed by atoms with Crippen LogP contribution in [0.15, 0.2) is 10.4 Å². The van der Waals surface area contributed by atoms with Crippen LogP contribution in [0, 0.1) is 11.3 Å². The number of aryl methyl sites for hydroxylation is 1. The molecule has 1 aliphatic rings. The van der Waals surface area contributed by atoms with Crippen LogP contribution in [0.4, 0.5) is 0 Å². The summed E-state index contributed by atoms with van der Waals surface area (Å²) < 4.78 is 23.4. The highest BCUT2D eigenvalue weighted by Crippen LogP contribution is 2.38. The summed E-state index contributed by atoms with van der Waals surface area (Å²) in [6.45, 7) is 6.83. The van der Waals surface area contributed by atoms with Crippen LogP contribution in [0.25, 0.3) is 10.3 Å². The zero-order valence-corrected chi connectivity index (χ0v) is 14.4. The van der Waals surface area contributed by atoms with Crippen molar-refractivity contribution >= 4 is 31.5 Å². The molecule has 0 saturated carbocycles. The lowest BCUT2D eigenvalue weighted by Crippen LogP contribution is -2.27. The van der Waals surface area contributed by atoms with Crippen molar-refractivity contribution in [2.24, 2.45) is 11.3 Å². The number of nitrogens with zero attached hydrogens (tertiary/aromatic N) is 2. The summed E-state index contributed by atoms with van der Waals surface area (Å²) in [5, 5.41) is 0. The number of fused-ring (bicyclic) bond motifs is 2. The molecule has 21 heavy (non-hydrogen) atoms. The molecule has 0 N–H and O–H groups in total. The van der Waals surface area contributed by atoms with E-state index in [0.717, 1.165) is 29.8 Å². The lowest BCUT2D eigenvalue weighted by atomic mass is 9.71. The summed E-state index contributed by atoms with van der Waals surface area (Å²) in [6.07, 6.45) is 4.32. The van der Waals surface area contributed by atoms with Crippen molar-refractivity contribution < 1.29 is 8.42 Å². The monoisotopic (exact) mass is 324 g/mol. The fourth-order valence-electron chi connectivity index (χ4n) is 2.89. The lowest BCUT2D eigenvalue weighted by Gasteiger charge is -2.34. The lowest BCUT2D eigenvalue weighted by molar-refractivity contribution is 0.215. The predicted molar refractivity (Wildman–Crippen MR) is 85.5 cm³/mol. The van der Waals surface area contributed by atoms with Gasteiger partial charge in [0, 0.05) is 11.9 Å². The van der Waals surface area contributed by atoms with E-state index in [1.165, 1.54) is 23.2 Å². The van der Waals surface area contributed by atoms with E-state index in [4.69, 9.17) is 0 Å². The van der Waals surface area contributed by atoms with Gasteiger partial charge in [-0.15, -0.1) is 0 Å². The molecule has 2 aromatic heterocycles. The van der Waals surface area contributed by atoms with Gasteiger partial charge in [-0.25, -0.2) is 18.4 Å². The summed E-state index contributed by atoms with van der Waals surface area (Å²) >= 11 is 1.17. The second-order valence-corrected chi connectivity index (χ2v) is 10.1. The SMILES string of the molecule is CC(C)(C)C1CCc2nc3sc(S(C)(=O)=O)nc3cc2C1. The molecule has 2 aromatic rings. The van der Waals surface area contributed by atoms with Gasteiger partial charge in [-0.1, -0.05) is 32.1 Å². The van der Waals surface area contributed by atoms with Gasteiger partial charge in [0.15, 0.2) is 0 Å². The zero-order valence-electron chi connectivity index (χ0n) is 12.8. The van der Waals surface area contributed by atoms with E-state index in [1.54, 1.807) is 0 Å². The topological polar surface area (TPSA) is 59.9 Å². The molecule has 0 radical (unpaired) electrons. The van der Waals surface area contributed by atoms with Crippen molar-refractivity contribution in [3.63, 3.8) is 0 Å². The van der Waals surface area contributed by atoms with Crippen LogP contribution in [-0.2, 0) is 22.7 Å². The second-order valence-electron chi connectivity index (χ2n) is 6.98. The van der Waals surface area contributed by atoms with Gasteiger partial charge < -0.3 is 0 Å². The van der Waals surface area contributed by atoms with E-state index < -0.39 is 9.84 Å². The van der Waals surface area contributed by atoms with Gasteiger partial charge in [0.25, 0.3) is 0 Å². The molecule has 0 amide bonds. The Labute approximate surface area is 129 Å². The van der Waals surface area contributed by atoms with Gasteiger partial charge >= 0.3 is 0 Å². The number of sulfone groups is 1. The minimum Gasteiger partial charge on any atom is -0.240 e. The van der Waals surface area contributed by atoms with Crippen molar-refractivity contribution in [2.45, 2.75) is 44.4 Å². The number of hydrogen-bond donors (Lipinski definition) is 0. The second kappa shape index (κ2) is 4.74. The highest BCUT2D eigenvalue weighted by atomic mass is 32.2. The molecule has 0 bridgehead atoms. The minimum atomic E-state index is -3.25. The summed E-state index contributed by atoms with van der Waals surface area (Å²) in [4.78, 5) is 9.64. The molecular formula is C15H20N2O2S2. The third kappa shape index (κ3) is 2.83. The number of rotatable bonds is 1. The van der Waals surface area contributed by atoms with Crippen molar-refractivity contribution in [1.82, 2.24) is 9.97 Å². The van der Waals surface area contributed by atoms with Crippen molar-refractivity contribution in [3.05, 3.63) is 17.3 Å². The van der Waals surface area contributed by atoms with Crippen LogP contribution in [0.3, 0.4) is 0 Å². The number of aromatic nitrogens is 2. The summed E-state index contributed by atoms with van der Waals surface area (Å²) in [6, 6.07) is 2.04. The molecule has 114 valence electrons. The summed E-state index contributed by atoms with van der Waals surface area (Å²) in [5.41, 5.74) is 3.35. The Kier molecular flexibility index (Phi) is 3.37.